The van der Waals surface area contributed by atoms with Gasteiger partial charge >= 0.3 is 5.97 Å². The lowest BCUT2D eigenvalue weighted by atomic mass is 10.1. The van der Waals surface area contributed by atoms with E-state index in [-0.39, 0.29) is 11.6 Å². The number of esters is 1. The number of methoxy groups -OCH3 is 1. The van der Waals surface area contributed by atoms with Crippen LogP contribution in [0.5, 0.6) is 0 Å². The molecule has 0 aromatic heterocycles. The number of nitrogens with one attached hydrogen (secondary N) is 1. The fourth-order valence-corrected chi connectivity index (χ4v) is 4.20. The molecule has 26 heavy (non-hydrogen) atoms. The van der Waals surface area contributed by atoms with E-state index >= 15 is 0 Å². The van der Waals surface area contributed by atoms with Gasteiger partial charge in [0, 0.05) is 19.7 Å². The van der Waals surface area contributed by atoms with Gasteiger partial charge in [0.1, 0.15) is 0 Å². The van der Waals surface area contributed by atoms with Crippen molar-refractivity contribution in [3.63, 3.8) is 0 Å². The molecule has 0 radical (unpaired) electrons. The molecule has 1 aliphatic heterocycles. The topological polar surface area (TPSA) is 102 Å². The van der Waals surface area contributed by atoms with Crippen LogP contribution in [0.3, 0.4) is 0 Å². The van der Waals surface area contributed by atoms with Crippen molar-refractivity contribution in [2.24, 2.45) is 0 Å². The number of fused-ring (bicyclic) bond motifs is 1. The van der Waals surface area contributed by atoms with Gasteiger partial charge in [0.25, 0.3) is 5.91 Å². The molecule has 1 aromatic carbocycles. The normalized spacial score (nSPS) is 17.5. The summed E-state index contributed by atoms with van der Waals surface area (Å²) in [6.07, 6.45) is 0.723. The first kappa shape index (κ1) is 20.2. The fraction of sp³-hybridized carbons (Fsp3) is 0.529. The Morgan fingerprint density at radius 3 is 2.69 bits per heavy atom. The van der Waals surface area contributed by atoms with Gasteiger partial charge in [-0.25, -0.2) is 13.2 Å². The van der Waals surface area contributed by atoms with Crippen molar-refractivity contribution >= 4 is 27.6 Å². The molecule has 0 aliphatic carbocycles. The second-order valence-electron chi connectivity index (χ2n) is 6.29. The minimum Gasteiger partial charge on any atom is -0.449 e. The summed E-state index contributed by atoms with van der Waals surface area (Å²) in [5.41, 5.74) is 1.61. The Labute approximate surface area is 153 Å². The molecule has 1 heterocycles. The zero-order valence-electron chi connectivity index (χ0n) is 15.3. The molecule has 0 bridgehead atoms. The Morgan fingerprint density at radius 2 is 2.08 bits per heavy atom. The van der Waals surface area contributed by atoms with Gasteiger partial charge in [0.05, 0.1) is 24.1 Å². The number of anilines is 1. The molecule has 8 nitrogen and oxygen atoms in total. The predicted octanol–water partition coefficient (Wildman–Crippen LogP) is 0.705. The van der Waals surface area contributed by atoms with E-state index in [1.54, 1.807) is 12.1 Å². The van der Waals surface area contributed by atoms with E-state index in [0.717, 1.165) is 11.8 Å². The van der Waals surface area contributed by atoms with Crippen LogP contribution in [0.1, 0.15) is 29.8 Å². The van der Waals surface area contributed by atoms with Gasteiger partial charge in [-0.05, 0) is 44.0 Å². The summed E-state index contributed by atoms with van der Waals surface area (Å²) in [4.78, 5) is 24.1. The average molecular weight is 384 g/mol. The molecule has 144 valence electrons. The zero-order valence-corrected chi connectivity index (χ0v) is 16.1. The smallest absolute Gasteiger partial charge is 0.338 e. The first-order chi connectivity index (χ1) is 12.1. The Hall–Kier alpha value is -2.13. The third-order valence-electron chi connectivity index (χ3n) is 4.08. The van der Waals surface area contributed by atoms with Crippen molar-refractivity contribution in [2.45, 2.75) is 32.4 Å². The van der Waals surface area contributed by atoms with E-state index in [1.807, 2.05) is 6.92 Å². The standard InChI is InChI=1S/C17H24N2O6S/c1-11-9-14-10-13(5-6-15(14)19(11)26(4,22)23)17(21)25-12(2)16(20)18-7-8-24-3/h5-6,10-12H,7-9H2,1-4H3,(H,18,20)/t11-,12+/m1/s1. The largest absolute Gasteiger partial charge is 0.449 e. The van der Waals surface area contributed by atoms with Gasteiger partial charge in [-0.3, -0.25) is 9.10 Å². The molecule has 2 atom stereocenters. The third-order valence-corrected chi connectivity index (χ3v) is 5.36. The van der Waals surface area contributed by atoms with Crippen molar-refractivity contribution in [3.05, 3.63) is 29.3 Å². The van der Waals surface area contributed by atoms with Crippen LogP contribution in [0.15, 0.2) is 18.2 Å². The van der Waals surface area contributed by atoms with Gasteiger partial charge < -0.3 is 14.8 Å². The lowest BCUT2D eigenvalue weighted by Gasteiger charge is -2.22. The number of benzene rings is 1. The molecule has 1 aliphatic rings. The highest BCUT2D eigenvalue weighted by Gasteiger charge is 2.33. The van der Waals surface area contributed by atoms with Crippen LogP contribution in [0, 0.1) is 0 Å². The molecule has 1 amide bonds. The van der Waals surface area contributed by atoms with Crippen molar-refractivity contribution < 1.29 is 27.5 Å². The van der Waals surface area contributed by atoms with Gasteiger partial charge in [0.15, 0.2) is 6.10 Å². The van der Waals surface area contributed by atoms with E-state index in [2.05, 4.69) is 5.32 Å². The Balaban J connectivity index is 2.08. The molecular weight excluding hydrogens is 360 g/mol. The maximum absolute atomic E-state index is 12.3. The van der Waals surface area contributed by atoms with E-state index < -0.39 is 28.0 Å². The van der Waals surface area contributed by atoms with Crippen LogP contribution >= 0.6 is 0 Å². The molecule has 0 saturated heterocycles. The molecule has 0 spiro atoms. The second-order valence-corrected chi connectivity index (χ2v) is 8.15. The van der Waals surface area contributed by atoms with Crippen LogP contribution in [0.4, 0.5) is 5.69 Å². The summed E-state index contributed by atoms with van der Waals surface area (Å²) in [6, 6.07) is 4.51. The number of sulfonamides is 1. The maximum atomic E-state index is 12.3. The maximum Gasteiger partial charge on any atom is 0.338 e. The van der Waals surface area contributed by atoms with Crippen molar-refractivity contribution in [2.75, 3.05) is 30.8 Å². The number of ether oxygens (including phenoxy) is 2. The lowest BCUT2D eigenvalue weighted by molar-refractivity contribution is -0.129. The fourth-order valence-electron chi connectivity index (χ4n) is 2.94. The summed E-state index contributed by atoms with van der Waals surface area (Å²) in [5, 5.41) is 2.60. The number of hydrogen-bond donors (Lipinski definition) is 1. The van der Waals surface area contributed by atoms with Crippen molar-refractivity contribution in [1.29, 1.82) is 0 Å². The number of carbonyl (C=O) groups excluding carboxylic acids is 2. The molecule has 0 fully saturated rings. The van der Waals surface area contributed by atoms with Gasteiger partial charge in [-0.2, -0.15) is 0 Å². The Morgan fingerprint density at radius 1 is 1.38 bits per heavy atom. The van der Waals surface area contributed by atoms with Crippen LogP contribution in [0.2, 0.25) is 0 Å². The minimum absolute atomic E-state index is 0.211. The van der Waals surface area contributed by atoms with E-state index in [9.17, 15) is 18.0 Å². The minimum atomic E-state index is -3.39. The van der Waals surface area contributed by atoms with Gasteiger partial charge in [-0.15, -0.1) is 0 Å². The highest BCUT2D eigenvalue weighted by atomic mass is 32.2. The van der Waals surface area contributed by atoms with E-state index in [0.29, 0.717) is 25.3 Å². The Kier molecular flexibility index (Phi) is 6.25. The summed E-state index contributed by atoms with van der Waals surface area (Å²) in [5.74, 6) is -1.04. The number of nitrogens with zero attached hydrogens (tertiary/aromatic N) is 1. The van der Waals surface area contributed by atoms with Crippen LogP contribution in [-0.2, 0) is 30.7 Å². The van der Waals surface area contributed by atoms with Crippen LogP contribution in [-0.4, -0.2) is 59.0 Å². The zero-order chi connectivity index (χ0) is 19.5. The second kappa shape index (κ2) is 8.05. The Bertz CT molecular complexity index is 792. The predicted molar refractivity (Wildman–Crippen MR) is 96.7 cm³/mol. The molecule has 0 saturated carbocycles. The molecule has 1 N–H and O–H groups in total. The monoisotopic (exact) mass is 384 g/mol. The molecule has 0 unspecified atom stereocenters. The molecule has 9 heteroatoms. The number of amides is 1. The van der Waals surface area contributed by atoms with Gasteiger partial charge in [0.2, 0.25) is 10.0 Å². The molecule has 1 aromatic rings. The summed E-state index contributed by atoms with van der Waals surface area (Å²) >= 11 is 0. The van der Waals surface area contributed by atoms with Gasteiger partial charge in [-0.1, -0.05) is 0 Å². The number of carbonyl (C=O) groups is 2. The summed E-state index contributed by atoms with van der Waals surface area (Å²) < 4.78 is 35.2. The number of rotatable bonds is 7. The van der Waals surface area contributed by atoms with E-state index in [4.69, 9.17) is 9.47 Å². The third kappa shape index (κ3) is 4.53. The van der Waals surface area contributed by atoms with Crippen LogP contribution < -0.4 is 9.62 Å². The highest BCUT2D eigenvalue weighted by molar-refractivity contribution is 7.92. The summed E-state index contributed by atoms with van der Waals surface area (Å²) in [7, 11) is -1.86. The molecular formula is C17H24N2O6S. The molecule has 2 rings (SSSR count). The van der Waals surface area contributed by atoms with Crippen LogP contribution in [0.25, 0.3) is 0 Å². The first-order valence-electron chi connectivity index (χ1n) is 8.25. The van der Waals surface area contributed by atoms with Crippen molar-refractivity contribution in [3.8, 4) is 0 Å². The lowest BCUT2D eigenvalue weighted by Crippen LogP contribution is -2.37. The van der Waals surface area contributed by atoms with Crippen molar-refractivity contribution in [1.82, 2.24) is 5.32 Å². The summed E-state index contributed by atoms with van der Waals surface area (Å²) in [6.45, 7) is 3.99. The van der Waals surface area contributed by atoms with E-state index in [1.165, 1.54) is 24.4 Å². The number of hydrogen-bond acceptors (Lipinski definition) is 6. The quantitative estimate of drug-likeness (QED) is 0.549. The average Bonchev–Trinajstić information content (AvgIpc) is 2.89. The highest BCUT2D eigenvalue weighted by Crippen LogP contribution is 2.34. The first-order valence-corrected chi connectivity index (χ1v) is 10.1. The SMILES string of the molecule is COCCNC(=O)[C@H](C)OC(=O)c1ccc2c(c1)C[C@@H](C)N2S(C)(=O)=O.